The molecule has 1 aliphatic rings. The molecule has 2 rings (SSSR count). The molecule has 0 spiro atoms. The number of aromatic nitrogens is 2. The fourth-order valence-corrected chi connectivity index (χ4v) is 2.71. The highest BCUT2D eigenvalue weighted by Gasteiger charge is 2.21. The van der Waals surface area contributed by atoms with Crippen LogP contribution in [0.5, 0.6) is 5.88 Å². The highest BCUT2D eigenvalue weighted by atomic mass is 16.5. The zero-order valence-corrected chi connectivity index (χ0v) is 11.9. The summed E-state index contributed by atoms with van der Waals surface area (Å²) < 4.78 is 7.26. The van der Waals surface area contributed by atoms with E-state index in [2.05, 4.69) is 22.4 Å². The van der Waals surface area contributed by atoms with Crippen LogP contribution in [0, 0.1) is 6.92 Å². The number of nitrogens with zero attached hydrogens (tertiary/aromatic N) is 3. The molecule has 1 unspecified atom stereocenters. The maximum Gasteiger partial charge on any atom is 0.216 e. The first-order valence-electron chi connectivity index (χ1n) is 6.61. The van der Waals surface area contributed by atoms with Crippen molar-refractivity contribution in [1.82, 2.24) is 20.0 Å². The third kappa shape index (κ3) is 2.67. The Morgan fingerprint density at radius 3 is 2.94 bits per heavy atom. The van der Waals surface area contributed by atoms with Crippen molar-refractivity contribution in [1.29, 1.82) is 0 Å². The molecule has 1 aliphatic heterocycles. The van der Waals surface area contributed by atoms with Gasteiger partial charge in [0.05, 0.1) is 18.4 Å². The predicted octanol–water partition coefficient (Wildman–Crippen LogP) is 0.921. The summed E-state index contributed by atoms with van der Waals surface area (Å²) in [6.07, 6.45) is 2.53. The van der Waals surface area contributed by atoms with E-state index in [0.29, 0.717) is 6.04 Å². The van der Waals surface area contributed by atoms with Gasteiger partial charge in [0.2, 0.25) is 5.88 Å². The van der Waals surface area contributed by atoms with E-state index in [4.69, 9.17) is 4.74 Å². The summed E-state index contributed by atoms with van der Waals surface area (Å²) in [7, 11) is 5.82. The molecule has 2 heterocycles. The van der Waals surface area contributed by atoms with E-state index in [1.807, 2.05) is 18.7 Å². The second-order valence-corrected chi connectivity index (χ2v) is 5.11. The lowest BCUT2D eigenvalue weighted by atomic mass is 10.1. The number of piperidine rings is 1. The summed E-state index contributed by atoms with van der Waals surface area (Å²) in [4.78, 5) is 2.40. The number of likely N-dealkylation sites (N-methyl/N-ethyl adjacent to an activating group) is 1. The second-order valence-electron chi connectivity index (χ2n) is 5.11. The lowest BCUT2D eigenvalue weighted by molar-refractivity contribution is 0.193. The molecule has 0 radical (unpaired) electrons. The second kappa shape index (κ2) is 5.71. The van der Waals surface area contributed by atoms with Crippen molar-refractivity contribution in [3.8, 4) is 5.88 Å². The van der Waals surface area contributed by atoms with Gasteiger partial charge in [0.15, 0.2) is 0 Å². The average Bonchev–Trinajstić information content (AvgIpc) is 2.64. The molecular weight excluding hydrogens is 228 g/mol. The highest BCUT2D eigenvalue weighted by molar-refractivity contribution is 5.30. The van der Waals surface area contributed by atoms with E-state index in [9.17, 15) is 0 Å². The number of hydrogen-bond acceptors (Lipinski definition) is 4. The molecule has 1 fully saturated rings. The standard InChI is InChI=1S/C13H24N4O/c1-10-12(13(18-4)17(3)15-10)9-16(2)11-6-5-7-14-8-11/h11,14H,5-9H2,1-4H3. The Balaban J connectivity index is 2.08. The van der Waals surface area contributed by atoms with Crippen LogP contribution in [0.4, 0.5) is 0 Å². The molecule has 0 amide bonds. The van der Waals surface area contributed by atoms with Crippen LogP contribution >= 0.6 is 0 Å². The van der Waals surface area contributed by atoms with Gasteiger partial charge in [0.25, 0.3) is 0 Å². The molecule has 1 aromatic heterocycles. The van der Waals surface area contributed by atoms with Crippen LogP contribution in [0.15, 0.2) is 0 Å². The van der Waals surface area contributed by atoms with Crippen molar-refractivity contribution < 1.29 is 4.74 Å². The molecule has 102 valence electrons. The topological polar surface area (TPSA) is 42.3 Å². The van der Waals surface area contributed by atoms with E-state index in [-0.39, 0.29) is 0 Å². The minimum atomic E-state index is 0.614. The number of nitrogens with one attached hydrogen (secondary N) is 1. The van der Waals surface area contributed by atoms with E-state index < -0.39 is 0 Å². The summed E-state index contributed by atoms with van der Waals surface area (Å²) in [5.41, 5.74) is 2.26. The van der Waals surface area contributed by atoms with Crippen LogP contribution in [0.25, 0.3) is 0 Å². The third-order valence-corrected chi connectivity index (χ3v) is 3.78. The maximum absolute atomic E-state index is 5.44. The highest BCUT2D eigenvalue weighted by Crippen LogP contribution is 2.23. The van der Waals surface area contributed by atoms with Crippen molar-refractivity contribution in [3.63, 3.8) is 0 Å². The summed E-state index contributed by atoms with van der Waals surface area (Å²) in [5, 5.41) is 7.89. The number of aryl methyl sites for hydroxylation is 2. The quantitative estimate of drug-likeness (QED) is 0.865. The molecule has 1 atom stereocenters. The smallest absolute Gasteiger partial charge is 0.216 e. The van der Waals surface area contributed by atoms with Gasteiger partial charge < -0.3 is 10.1 Å². The van der Waals surface area contributed by atoms with Crippen molar-refractivity contribution in [2.45, 2.75) is 32.4 Å². The van der Waals surface area contributed by atoms with Crippen molar-refractivity contribution >= 4 is 0 Å². The van der Waals surface area contributed by atoms with Crippen molar-refractivity contribution in [2.24, 2.45) is 7.05 Å². The number of ether oxygens (including phenoxy) is 1. The number of rotatable bonds is 4. The average molecular weight is 252 g/mol. The molecule has 1 aromatic rings. The Morgan fingerprint density at radius 2 is 2.33 bits per heavy atom. The summed E-state index contributed by atoms with van der Waals surface area (Å²) in [6, 6.07) is 0.614. The fraction of sp³-hybridized carbons (Fsp3) is 0.769. The lowest BCUT2D eigenvalue weighted by Crippen LogP contribution is -2.43. The zero-order valence-electron chi connectivity index (χ0n) is 11.9. The minimum Gasteiger partial charge on any atom is -0.481 e. The predicted molar refractivity (Wildman–Crippen MR) is 71.9 cm³/mol. The van der Waals surface area contributed by atoms with E-state index in [1.165, 1.54) is 18.4 Å². The van der Waals surface area contributed by atoms with E-state index in [1.54, 1.807) is 7.11 Å². The molecular formula is C13H24N4O. The molecule has 1 N–H and O–H groups in total. The van der Waals surface area contributed by atoms with E-state index in [0.717, 1.165) is 31.2 Å². The zero-order chi connectivity index (χ0) is 13.1. The van der Waals surface area contributed by atoms with Gasteiger partial charge in [0, 0.05) is 26.2 Å². The normalized spacial score (nSPS) is 20.4. The van der Waals surface area contributed by atoms with Crippen LogP contribution in [0.2, 0.25) is 0 Å². The summed E-state index contributed by atoms with van der Waals surface area (Å²) >= 11 is 0. The molecule has 5 heteroatoms. The van der Waals surface area contributed by atoms with Crippen molar-refractivity contribution in [2.75, 3.05) is 27.2 Å². The summed E-state index contributed by atoms with van der Waals surface area (Å²) in [5.74, 6) is 0.878. The summed E-state index contributed by atoms with van der Waals surface area (Å²) in [6.45, 7) is 5.18. The largest absolute Gasteiger partial charge is 0.481 e. The molecule has 18 heavy (non-hydrogen) atoms. The Bertz CT molecular complexity index is 396. The van der Waals surface area contributed by atoms with Gasteiger partial charge in [-0.3, -0.25) is 4.90 Å². The monoisotopic (exact) mass is 252 g/mol. The number of methoxy groups -OCH3 is 1. The molecule has 0 aromatic carbocycles. The Labute approximate surface area is 109 Å². The van der Waals surface area contributed by atoms with Gasteiger partial charge in [-0.2, -0.15) is 5.10 Å². The van der Waals surface area contributed by atoms with Crippen LogP contribution in [0.3, 0.4) is 0 Å². The van der Waals surface area contributed by atoms with Crippen LogP contribution in [0.1, 0.15) is 24.1 Å². The van der Waals surface area contributed by atoms with Gasteiger partial charge in [-0.25, -0.2) is 4.68 Å². The van der Waals surface area contributed by atoms with Gasteiger partial charge >= 0.3 is 0 Å². The lowest BCUT2D eigenvalue weighted by Gasteiger charge is -2.31. The van der Waals surface area contributed by atoms with Gasteiger partial charge in [-0.1, -0.05) is 0 Å². The van der Waals surface area contributed by atoms with Gasteiger partial charge in [-0.05, 0) is 33.4 Å². The first-order chi connectivity index (χ1) is 8.63. The van der Waals surface area contributed by atoms with Crippen LogP contribution in [-0.2, 0) is 13.6 Å². The molecule has 0 bridgehead atoms. The molecule has 5 nitrogen and oxygen atoms in total. The van der Waals surface area contributed by atoms with Crippen LogP contribution < -0.4 is 10.1 Å². The number of hydrogen-bond donors (Lipinski definition) is 1. The van der Waals surface area contributed by atoms with Crippen molar-refractivity contribution in [3.05, 3.63) is 11.3 Å². The third-order valence-electron chi connectivity index (χ3n) is 3.78. The Hall–Kier alpha value is -1.07. The minimum absolute atomic E-state index is 0.614. The van der Waals surface area contributed by atoms with Gasteiger partial charge in [-0.15, -0.1) is 0 Å². The molecule has 1 saturated heterocycles. The maximum atomic E-state index is 5.44. The molecule has 0 saturated carbocycles. The first-order valence-corrected chi connectivity index (χ1v) is 6.61. The first kappa shape index (κ1) is 13.4. The Kier molecular flexibility index (Phi) is 4.24. The van der Waals surface area contributed by atoms with E-state index >= 15 is 0 Å². The van der Waals surface area contributed by atoms with Gasteiger partial charge in [0.1, 0.15) is 0 Å². The molecule has 0 aliphatic carbocycles. The SMILES string of the molecule is COc1c(CN(C)C2CCCNC2)c(C)nn1C. The fourth-order valence-electron chi connectivity index (χ4n) is 2.71. The Morgan fingerprint density at radius 1 is 1.56 bits per heavy atom. The van der Waals surface area contributed by atoms with Crippen LogP contribution in [-0.4, -0.2) is 48.0 Å².